The molecule has 0 saturated heterocycles. The van der Waals surface area contributed by atoms with Gasteiger partial charge < -0.3 is 0 Å². The van der Waals surface area contributed by atoms with Crippen molar-refractivity contribution in [3.8, 4) is 0 Å². The van der Waals surface area contributed by atoms with Gasteiger partial charge in [-0.25, -0.2) is 0 Å². The van der Waals surface area contributed by atoms with E-state index >= 15 is 0 Å². The molecule has 3 heteroatoms. The van der Waals surface area contributed by atoms with Crippen molar-refractivity contribution < 1.29 is 9.59 Å². The summed E-state index contributed by atoms with van der Waals surface area (Å²) in [6.45, 7) is 6.09. The van der Waals surface area contributed by atoms with Gasteiger partial charge in [0.1, 0.15) is 0 Å². The number of hydrogen-bond acceptors (Lipinski definition) is 2. The number of fused-ring (bicyclic) bond motifs is 1. The van der Waals surface area contributed by atoms with Gasteiger partial charge in [-0.15, -0.1) is 0 Å². The molecule has 90 valence electrons. The molecule has 0 bridgehead atoms. The summed E-state index contributed by atoms with van der Waals surface area (Å²) in [6, 6.07) is 7.03. The van der Waals surface area contributed by atoms with Gasteiger partial charge in [-0.05, 0) is 24.5 Å². The van der Waals surface area contributed by atoms with Crippen LogP contribution in [0.5, 0.6) is 0 Å². The van der Waals surface area contributed by atoms with E-state index in [1.54, 1.807) is 24.3 Å². The largest absolute Gasteiger partial charge is 0.271 e. The molecule has 1 heterocycles. The molecule has 1 aromatic carbocycles. The Morgan fingerprint density at radius 1 is 1.06 bits per heavy atom. The Kier molecular flexibility index (Phi) is 3.01. The number of hydrogen-bond donors (Lipinski definition) is 0. The summed E-state index contributed by atoms with van der Waals surface area (Å²) in [4.78, 5) is 25.9. The van der Waals surface area contributed by atoms with Crippen LogP contribution in [0.2, 0.25) is 0 Å². The minimum absolute atomic E-state index is 0.0117. The maximum Gasteiger partial charge on any atom is 0.261 e. The van der Waals surface area contributed by atoms with E-state index in [-0.39, 0.29) is 23.8 Å². The normalized spacial score (nSPS) is 16.6. The van der Waals surface area contributed by atoms with Crippen LogP contribution in [0.1, 0.15) is 47.9 Å². The molecule has 0 radical (unpaired) electrons. The van der Waals surface area contributed by atoms with Gasteiger partial charge in [-0.2, -0.15) is 0 Å². The lowest BCUT2D eigenvalue weighted by Gasteiger charge is -2.28. The van der Waals surface area contributed by atoms with Crippen molar-refractivity contribution in [2.45, 2.75) is 33.2 Å². The summed E-state index contributed by atoms with van der Waals surface area (Å²) in [6.07, 6.45) is 0.795. The van der Waals surface area contributed by atoms with Gasteiger partial charge in [0.05, 0.1) is 11.1 Å². The highest BCUT2D eigenvalue weighted by atomic mass is 16.2. The zero-order valence-corrected chi connectivity index (χ0v) is 10.4. The molecular formula is C14H17NO2. The maximum absolute atomic E-state index is 12.2. The molecular weight excluding hydrogens is 214 g/mol. The number of carbonyl (C=O) groups excluding carboxylic acids is 2. The minimum Gasteiger partial charge on any atom is -0.271 e. The molecule has 0 aliphatic carbocycles. The molecule has 1 aromatic rings. The lowest BCUT2D eigenvalue weighted by molar-refractivity contribution is 0.0536. The number of benzene rings is 1. The van der Waals surface area contributed by atoms with Gasteiger partial charge in [-0.1, -0.05) is 32.9 Å². The zero-order chi connectivity index (χ0) is 12.6. The van der Waals surface area contributed by atoms with E-state index < -0.39 is 0 Å². The first-order valence-electron chi connectivity index (χ1n) is 6.04. The predicted molar refractivity (Wildman–Crippen MR) is 65.9 cm³/mol. The topological polar surface area (TPSA) is 37.4 Å². The third kappa shape index (κ3) is 1.75. The van der Waals surface area contributed by atoms with Gasteiger partial charge in [0.15, 0.2) is 0 Å². The second kappa shape index (κ2) is 4.32. The van der Waals surface area contributed by atoms with Crippen LogP contribution in [0.25, 0.3) is 0 Å². The first-order chi connectivity index (χ1) is 8.07. The molecule has 0 fully saturated rings. The Hall–Kier alpha value is -1.64. The molecule has 2 rings (SSSR count). The Balaban J connectivity index is 2.42. The SMILES string of the molecule is CC[C@@H](C(C)C)N1C(=O)c2ccccc2C1=O. The number of imide groups is 1. The molecule has 0 saturated carbocycles. The molecule has 0 spiro atoms. The van der Waals surface area contributed by atoms with Crippen LogP contribution in [0.15, 0.2) is 24.3 Å². The highest BCUT2D eigenvalue weighted by Crippen LogP contribution is 2.28. The zero-order valence-electron chi connectivity index (χ0n) is 10.4. The Bertz CT molecular complexity index is 430. The van der Waals surface area contributed by atoms with Crippen LogP contribution in [-0.4, -0.2) is 22.8 Å². The number of amides is 2. The lowest BCUT2D eigenvalue weighted by atomic mass is 10.00. The molecule has 1 aliphatic heterocycles. The van der Waals surface area contributed by atoms with E-state index in [9.17, 15) is 9.59 Å². The molecule has 3 nitrogen and oxygen atoms in total. The van der Waals surface area contributed by atoms with Gasteiger partial charge in [-0.3, -0.25) is 14.5 Å². The van der Waals surface area contributed by atoms with Crippen molar-refractivity contribution in [1.82, 2.24) is 4.90 Å². The molecule has 1 aliphatic rings. The highest BCUT2D eigenvalue weighted by molar-refractivity contribution is 6.21. The second-order valence-electron chi connectivity index (χ2n) is 4.75. The number of carbonyl (C=O) groups is 2. The molecule has 0 aromatic heterocycles. The summed E-state index contributed by atoms with van der Waals surface area (Å²) in [5.41, 5.74) is 1.08. The molecule has 2 amide bonds. The average Bonchev–Trinajstić information content (AvgIpc) is 2.56. The second-order valence-corrected chi connectivity index (χ2v) is 4.75. The van der Waals surface area contributed by atoms with Gasteiger partial charge in [0, 0.05) is 6.04 Å². The fraction of sp³-hybridized carbons (Fsp3) is 0.429. The van der Waals surface area contributed by atoms with Crippen molar-refractivity contribution in [1.29, 1.82) is 0 Å². The summed E-state index contributed by atoms with van der Waals surface area (Å²) < 4.78 is 0. The van der Waals surface area contributed by atoms with Crippen molar-refractivity contribution in [2.75, 3.05) is 0 Å². The quantitative estimate of drug-likeness (QED) is 0.750. The standard InChI is InChI=1S/C14H17NO2/c1-4-12(9(2)3)15-13(16)10-7-5-6-8-11(10)14(15)17/h5-9,12H,4H2,1-3H3/t12-/m0/s1. The third-order valence-electron chi connectivity index (χ3n) is 3.34. The fourth-order valence-electron chi connectivity index (χ4n) is 2.46. The van der Waals surface area contributed by atoms with Crippen LogP contribution < -0.4 is 0 Å². The number of nitrogens with zero attached hydrogens (tertiary/aromatic N) is 1. The van der Waals surface area contributed by atoms with E-state index in [2.05, 4.69) is 0 Å². The van der Waals surface area contributed by atoms with Gasteiger partial charge in [0.2, 0.25) is 0 Å². The monoisotopic (exact) mass is 231 g/mol. The van der Waals surface area contributed by atoms with E-state index in [0.29, 0.717) is 11.1 Å². The van der Waals surface area contributed by atoms with E-state index in [1.165, 1.54) is 4.90 Å². The molecule has 0 unspecified atom stereocenters. The smallest absolute Gasteiger partial charge is 0.261 e. The summed E-state index contributed by atoms with van der Waals surface area (Å²) >= 11 is 0. The predicted octanol–water partition coefficient (Wildman–Crippen LogP) is 2.72. The van der Waals surface area contributed by atoms with Crippen LogP contribution in [0.3, 0.4) is 0 Å². The molecule has 1 atom stereocenters. The van der Waals surface area contributed by atoms with E-state index in [4.69, 9.17) is 0 Å². The van der Waals surface area contributed by atoms with E-state index in [0.717, 1.165) is 6.42 Å². The third-order valence-corrected chi connectivity index (χ3v) is 3.34. The van der Waals surface area contributed by atoms with Gasteiger partial charge in [0.25, 0.3) is 11.8 Å². The van der Waals surface area contributed by atoms with Crippen molar-refractivity contribution in [2.24, 2.45) is 5.92 Å². The Labute approximate surface area is 101 Å². The fourth-order valence-corrected chi connectivity index (χ4v) is 2.46. The van der Waals surface area contributed by atoms with Crippen molar-refractivity contribution in [3.05, 3.63) is 35.4 Å². The summed E-state index contributed by atoms with van der Waals surface area (Å²) in [5, 5.41) is 0. The summed E-state index contributed by atoms with van der Waals surface area (Å²) in [5.74, 6) is -0.0143. The van der Waals surface area contributed by atoms with Crippen LogP contribution in [0, 0.1) is 5.92 Å². The van der Waals surface area contributed by atoms with Crippen molar-refractivity contribution in [3.63, 3.8) is 0 Å². The maximum atomic E-state index is 12.2. The van der Waals surface area contributed by atoms with Crippen LogP contribution in [0.4, 0.5) is 0 Å². The van der Waals surface area contributed by atoms with Crippen LogP contribution >= 0.6 is 0 Å². The average molecular weight is 231 g/mol. The first-order valence-corrected chi connectivity index (χ1v) is 6.04. The lowest BCUT2D eigenvalue weighted by Crippen LogP contribution is -2.42. The Morgan fingerprint density at radius 2 is 1.53 bits per heavy atom. The van der Waals surface area contributed by atoms with E-state index in [1.807, 2.05) is 20.8 Å². The minimum atomic E-state index is -0.147. The number of rotatable bonds is 3. The highest BCUT2D eigenvalue weighted by Gasteiger charge is 2.39. The molecule has 0 N–H and O–H groups in total. The summed E-state index contributed by atoms with van der Waals surface area (Å²) in [7, 11) is 0. The van der Waals surface area contributed by atoms with Crippen molar-refractivity contribution >= 4 is 11.8 Å². The van der Waals surface area contributed by atoms with Crippen LogP contribution in [-0.2, 0) is 0 Å². The Morgan fingerprint density at radius 3 is 1.88 bits per heavy atom. The van der Waals surface area contributed by atoms with Gasteiger partial charge >= 0.3 is 0 Å². The molecule has 17 heavy (non-hydrogen) atoms. The first kappa shape index (κ1) is 11.8.